The van der Waals surface area contributed by atoms with Gasteiger partial charge >= 0.3 is 0 Å². The Morgan fingerprint density at radius 2 is 1.58 bits per heavy atom. The van der Waals surface area contributed by atoms with E-state index in [1.807, 2.05) is 6.07 Å². The average molecular weight is 359 g/mol. The lowest BCUT2D eigenvalue weighted by molar-refractivity contribution is 0.320. The molecular formula is C23H34O3. The number of methoxy groups -OCH3 is 2. The van der Waals surface area contributed by atoms with E-state index in [2.05, 4.69) is 52.0 Å². The van der Waals surface area contributed by atoms with Gasteiger partial charge < -0.3 is 14.2 Å². The summed E-state index contributed by atoms with van der Waals surface area (Å²) >= 11 is 0. The van der Waals surface area contributed by atoms with Gasteiger partial charge in [-0.3, -0.25) is 0 Å². The SMILES string of the molecule is COc1cc(C/C=C(\C)CC/C=C(\C)CCC2OC2(C)C)cc(OC)c1. The van der Waals surface area contributed by atoms with Crippen LogP contribution in [-0.4, -0.2) is 25.9 Å². The Labute approximate surface area is 159 Å². The number of hydrogen-bond acceptors (Lipinski definition) is 3. The lowest BCUT2D eigenvalue weighted by Crippen LogP contribution is -2.02. The quantitative estimate of drug-likeness (QED) is 0.387. The second kappa shape index (κ2) is 9.27. The first-order valence-corrected chi connectivity index (χ1v) is 9.55. The van der Waals surface area contributed by atoms with Crippen LogP contribution in [0, 0.1) is 0 Å². The average Bonchev–Trinajstić information content (AvgIpc) is 3.24. The van der Waals surface area contributed by atoms with Crippen LogP contribution < -0.4 is 9.47 Å². The predicted octanol–water partition coefficient (Wildman–Crippen LogP) is 5.88. The summed E-state index contributed by atoms with van der Waals surface area (Å²) in [4.78, 5) is 0. The van der Waals surface area contributed by atoms with Gasteiger partial charge in [0.1, 0.15) is 11.5 Å². The highest BCUT2D eigenvalue weighted by molar-refractivity contribution is 5.39. The van der Waals surface area contributed by atoms with Crippen LogP contribution in [0.1, 0.15) is 58.9 Å². The Bertz CT molecular complexity index is 633. The molecule has 1 fully saturated rings. The molecule has 1 aromatic carbocycles. The molecule has 0 N–H and O–H groups in total. The molecule has 144 valence electrons. The first-order valence-electron chi connectivity index (χ1n) is 9.55. The Hall–Kier alpha value is -1.74. The number of ether oxygens (including phenoxy) is 3. The van der Waals surface area contributed by atoms with E-state index in [0.29, 0.717) is 6.10 Å². The zero-order valence-electron chi connectivity index (χ0n) is 17.2. The van der Waals surface area contributed by atoms with Crippen LogP contribution in [0.5, 0.6) is 11.5 Å². The van der Waals surface area contributed by atoms with E-state index in [4.69, 9.17) is 14.2 Å². The van der Waals surface area contributed by atoms with Crippen molar-refractivity contribution in [2.75, 3.05) is 14.2 Å². The molecule has 1 atom stereocenters. The Balaban J connectivity index is 1.76. The number of hydrogen-bond donors (Lipinski definition) is 0. The summed E-state index contributed by atoms with van der Waals surface area (Å²) in [7, 11) is 3.37. The van der Waals surface area contributed by atoms with E-state index in [-0.39, 0.29) is 5.60 Å². The molecule has 26 heavy (non-hydrogen) atoms. The van der Waals surface area contributed by atoms with Crippen LogP contribution in [0.15, 0.2) is 41.5 Å². The second-order valence-corrected chi connectivity index (χ2v) is 7.81. The highest BCUT2D eigenvalue weighted by Gasteiger charge is 2.46. The normalized spacial score (nSPS) is 19.4. The van der Waals surface area contributed by atoms with Gasteiger partial charge in [-0.2, -0.15) is 0 Å². The molecule has 0 aliphatic carbocycles. The van der Waals surface area contributed by atoms with Crippen LogP contribution in [0.25, 0.3) is 0 Å². The van der Waals surface area contributed by atoms with E-state index in [0.717, 1.165) is 43.6 Å². The zero-order valence-corrected chi connectivity index (χ0v) is 17.2. The number of rotatable bonds is 10. The lowest BCUT2D eigenvalue weighted by atomic mass is 10.0. The first kappa shape index (κ1) is 20.6. The minimum atomic E-state index is 0.113. The van der Waals surface area contributed by atoms with Gasteiger partial charge in [0.2, 0.25) is 0 Å². The fourth-order valence-electron chi connectivity index (χ4n) is 3.12. The highest BCUT2D eigenvalue weighted by Crippen LogP contribution is 2.38. The van der Waals surface area contributed by atoms with E-state index in [1.165, 1.54) is 16.7 Å². The van der Waals surface area contributed by atoms with E-state index < -0.39 is 0 Å². The van der Waals surface area contributed by atoms with Crippen LogP contribution in [0.3, 0.4) is 0 Å². The highest BCUT2D eigenvalue weighted by atomic mass is 16.6. The lowest BCUT2D eigenvalue weighted by Gasteiger charge is -2.07. The van der Waals surface area contributed by atoms with Crippen molar-refractivity contribution >= 4 is 0 Å². The minimum absolute atomic E-state index is 0.113. The maximum Gasteiger partial charge on any atom is 0.122 e. The van der Waals surface area contributed by atoms with Crippen LogP contribution in [0.2, 0.25) is 0 Å². The summed E-state index contributed by atoms with van der Waals surface area (Å²) in [6.07, 6.45) is 10.5. The molecular weight excluding hydrogens is 324 g/mol. The molecule has 1 heterocycles. The minimum Gasteiger partial charge on any atom is -0.497 e. The Kier molecular flexibility index (Phi) is 7.33. The van der Waals surface area contributed by atoms with Gasteiger partial charge in [0.25, 0.3) is 0 Å². The molecule has 0 spiro atoms. The first-order chi connectivity index (χ1) is 12.3. The van der Waals surface area contributed by atoms with Crippen molar-refractivity contribution in [3.8, 4) is 11.5 Å². The van der Waals surface area contributed by atoms with Crippen molar-refractivity contribution in [2.24, 2.45) is 0 Å². The number of allylic oxidation sites excluding steroid dienone is 4. The van der Waals surface area contributed by atoms with Crippen molar-refractivity contribution in [1.29, 1.82) is 0 Å². The van der Waals surface area contributed by atoms with E-state index >= 15 is 0 Å². The third-order valence-electron chi connectivity index (χ3n) is 5.09. The fourth-order valence-corrected chi connectivity index (χ4v) is 3.12. The molecule has 0 saturated carbocycles. The van der Waals surface area contributed by atoms with Gasteiger partial charge in [-0.05, 0) is 77.5 Å². The number of epoxide rings is 1. The standard InChI is InChI=1S/C23H34O3/c1-17(8-7-9-18(2)11-13-22-23(3,4)26-22)10-12-19-14-20(24-5)16-21(15-19)25-6/h9-10,14-16,22H,7-8,11-13H2,1-6H3/b17-10+,18-9+. The molecule has 1 unspecified atom stereocenters. The van der Waals surface area contributed by atoms with Crippen LogP contribution in [0.4, 0.5) is 0 Å². The van der Waals surface area contributed by atoms with Gasteiger partial charge in [0.05, 0.1) is 25.9 Å². The third kappa shape index (κ3) is 6.53. The molecule has 3 nitrogen and oxygen atoms in total. The second-order valence-electron chi connectivity index (χ2n) is 7.81. The van der Waals surface area contributed by atoms with Crippen molar-refractivity contribution in [3.63, 3.8) is 0 Å². The Morgan fingerprint density at radius 3 is 2.12 bits per heavy atom. The van der Waals surface area contributed by atoms with Gasteiger partial charge in [-0.25, -0.2) is 0 Å². The zero-order chi connectivity index (χ0) is 19.2. The van der Waals surface area contributed by atoms with Gasteiger partial charge in [0, 0.05) is 6.07 Å². The van der Waals surface area contributed by atoms with Gasteiger partial charge in [-0.15, -0.1) is 0 Å². The van der Waals surface area contributed by atoms with Crippen LogP contribution in [-0.2, 0) is 11.2 Å². The molecule has 0 aromatic heterocycles. The summed E-state index contributed by atoms with van der Waals surface area (Å²) in [6.45, 7) is 8.78. The maximum absolute atomic E-state index is 5.65. The maximum atomic E-state index is 5.65. The summed E-state index contributed by atoms with van der Waals surface area (Å²) in [5.41, 5.74) is 4.21. The molecule has 0 bridgehead atoms. The smallest absolute Gasteiger partial charge is 0.122 e. The van der Waals surface area contributed by atoms with Crippen molar-refractivity contribution < 1.29 is 14.2 Å². The van der Waals surface area contributed by atoms with E-state index in [1.54, 1.807) is 14.2 Å². The van der Waals surface area contributed by atoms with Gasteiger partial charge in [0.15, 0.2) is 0 Å². The summed E-state index contributed by atoms with van der Waals surface area (Å²) in [5, 5.41) is 0. The summed E-state index contributed by atoms with van der Waals surface area (Å²) in [6, 6.07) is 6.04. The molecule has 1 aliphatic heterocycles. The summed E-state index contributed by atoms with van der Waals surface area (Å²) in [5.74, 6) is 1.68. The molecule has 1 aliphatic rings. The van der Waals surface area contributed by atoms with E-state index in [9.17, 15) is 0 Å². The molecule has 2 rings (SSSR count). The predicted molar refractivity (Wildman–Crippen MR) is 108 cm³/mol. The third-order valence-corrected chi connectivity index (χ3v) is 5.09. The topological polar surface area (TPSA) is 31.0 Å². The fraction of sp³-hybridized carbons (Fsp3) is 0.565. The van der Waals surface area contributed by atoms with Crippen molar-refractivity contribution in [2.45, 2.75) is 71.5 Å². The molecule has 1 saturated heterocycles. The molecule has 1 aromatic rings. The molecule has 0 radical (unpaired) electrons. The van der Waals surface area contributed by atoms with Crippen LogP contribution >= 0.6 is 0 Å². The van der Waals surface area contributed by atoms with Gasteiger partial charge in [-0.1, -0.05) is 23.3 Å². The monoisotopic (exact) mass is 358 g/mol. The van der Waals surface area contributed by atoms with Crippen molar-refractivity contribution in [1.82, 2.24) is 0 Å². The largest absolute Gasteiger partial charge is 0.497 e. The molecule has 3 heteroatoms. The van der Waals surface area contributed by atoms with Crippen molar-refractivity contribution in [3.05, 3.63) is 47.1 Å². The summed E-state index contributed by atoms with van der Waals surface area (Å²) < 4.78 is 16.3. The molecule has 0 amide bonds. The Morgan fingerprint density at radius 1 is 1.00 bits per heavy atom. The number of benzene rings is 1.